The average Bonchev–Trinajstić information content (AvgIpc) is 2.18. The van der Waals surface area contributed by atoms with E-state index in [4.69, 9.17) is 20.1 Å². The number of aliphatic hydroxyl groups excluding tert-OH is 4. The molecule has 0 aromatic rings. The minimum absolute atomic E-state index is 0.0862. The van der Waals surface area contributed by atoms with Crippen LogP contribution < -0.4 is 0 Å². The number of hydrogen-bond donors (Lipinski definition) is 4. The van der Waals surface area contributed by atoms with Crippen LogP contribution in [0.15, 0.2) is 12.7 Å². The Kier molecular flexibility index (Phi) is 5.85. The lowest BCUT2D eigenvalue weighted by Gasteiger charge is -2.31. The van der Waals surface area contributed by atoms with Crippen molar-refractivity contribution in [3.05, 3.63) is 12.7 Å². The zero-order chi connectivity index (χ0) is 10.3. The molecule has 5 nitrogen and oxygen atoms in total. The zero-order valence-corrected chi connectivity index (χ0v) is 7.39. The van der Waals surface area contributed by atoms with Gasteiger partial charge in [0.05, 0.1) is 31.8 Å². The van der Waals surface area contributed by atoms with Crippen molar-refractivity contribution < 1.29 is 25.2 Å². The summed E-state index contributed by atoms with van der Waals surface area (Å²) in [7, 11) is 0. The second-order valence-corrected chi connectivity index (χ2v) is 2.81. The lowest BCUT2D eigenvalue weighted by Crippen LogP contribution is -2.46. The van der Waals surface area contributed by atoms with Crippen LogP contribution in [0.3, 0.4) is 0 Å². The third-order valence-electron chi connectivity index (χ3n) is 1.84. The highest BCUT2D eigenvalue weighted by Gasteiger charge is 2.37. The van der Waals surface area contributed by atoms with Gasteiger partial charge in [0.2, 0.25) is 0 Å². The molecule has 0 amide bonds. The van der Waals surface area contributed by atoms with Gasteiger partial charge in [-0.3, -0.25) is 0 Å². The van der Waals surface area contributed by atoms with Crippen molar-refractivity contribution in [2.24, 2.45) is 5.41 Å². The quantitative estimate of drug-likeness (QED) is 0.290. The molecule has 0 spiro atoms. The van der Waals surface area contributed by atoms with Crippen LogP contribution in [-0.2, 0) is 4.74 Å². The predicted molar refractivity (Wildman–Crippen MR) is 45.8 cm³/mol. The highest BCUT2D eigenvalue weighted by Crippen LogP contribution is 2.21. The lowest BCUT2D eigenvalue weighted by molar-refractivity contribution is -0.206. The van der Waals surface area contributed by atoms with Crippen molar-refractivity contribution in [2.45, 2.75) is 6.29 Å². The molecule has 0 aromatic heterocycles. The fraction of sp³-hybridized carbons (Fsp3) is 0.750. The Morgan fingerprint density at radius 1 is 1.23 bits per heavy atom. The van der Waals surface area contributed by atoms with E-state index in [1.165, 1.54) is 6.08 Å². The highest BCUT2D eigenvalue weighted by molar-refractivity contribution is 4.81. The lowest BCUT2D eigenvalue weighted by atomic mass is 9.90. The monoisotopic (exact) mass is 192 g/mol. The third-order valence-corrected chi connectivity index (χ3v) is 1.84. The summed E-state index contributed by atoms with van der Waals surface area (Å²) >= 11 is 0. The smallest absolute Gasteiger partial charge is 0.167 e. The maximum Gasteiger partial charge on any atom is 0.167 e. The molecule has 0 saturated heterocycles. The summed E-state index contributed by atoms with van der Waals surface area (Å²) in [5, 5.41) is 35.9. The van der Waals surface area contributed by atoms with Crippen molar-refractivity contribution in [2.75, 3.05) is 26.4 Å². The van der Waals surface area contributed by atoms with Crippen LogP contribution in [0.1, 0.15) is 0 Å². The summed E-state index contributed by atoms with van der Waals surface area (Å²) in [6, 6.07) is 0. The van der Waals surface area contributed by atoms with Gasteiger partial charge in [0, 0.05) is 0 Å². The molecule has 13 heavy (non-hydrogen) atoms. The van der Waals surface area contributed by atoms with E-state index >= 15 is 0 Å². The summed E-state index contributed by atoms with van der Waals surface area (Å²) in [6.45, 7) is 1.78. The van der Waals surface area contributed by atoms with E-state index in [-0.39, 0.29) is 6.61 Å². The van der Waals surface area contributed by atoms with Crippen LogP contribution in [-0.4, -0.2) is 53.1 Å². The standard InChI is InChI=1S/C8H16O5/c1-2-3-13-7(12)8(4-9,5-10)6-11/h2,7,9-12H,1,3-6H2. The molecule has 0 aliphatic carbocycles. The van der Waals surface area contributed by atoms with E-state index in [1.807, 2.05) is 0 Å². The Balaban J connectivity index is 4.24. The molecular weight excluding hydrogens is 176 g/mol. The molecule has 1 atom stereocenters. The molecule has 0 aliphatic heterocycles. The molecule has 0 radical (unpaired) electrons. The number of rotatable bonds is 7. The highest BCUT2D eigenvalue weighted by atomic mass is 16.6. The average molecular weight is 192 g/mol. The summed E-state index contributed by atoms with van der Waals surface area (Å²) in [5.74, 6) is 0. The minimum Gasteiger partial charge on any atom is -0.395 e. The molecule has 78 valence electrons. The van der Waals surface area contributed by atoms with Gasteiger partial charge in [0.25, 0.3) is 0 Å². The summed E-state index contributed by atoms with van der Waals surface area (Å²) in [4.78, 5) is 0. The first-order valence-corrected chi connectivity index (χ1v) is 3.90. The van der Waals surface area contributed by atoms with Crippen LogP contribution in [0.5, 0.6) is 0 Å². The van der Waals surface area contributed by atoms with Gasteiger partial charge < -0.3 is 25.2 Å². The molecule has 0 aromatic carbocycles. The fourth-order valence-corrected chi connectivity index (χ4v) is 0.720. The fourth-order valence-electron chi connectivity index (χ4n) is 0.720. The number of aliphatic hydroxyl groups is 4. The number of ether oxygens (including phenoxy) is 1. The summed E-state index contributed by atoms with van der Waals surface area (Å²) < 4.78 is 4.79. The van der Waals surface area contributed by atoms with Crippen LogP contribution in [0.2, 0.25) is 0 Å². The van der Waals surface area contributed by atoms with Gasteiger partial charge in [-0.1, -0.05) is 6.08 Å². The Morgan fingerprint density at radius 2 is 1.69 bits per heavy atom. The molecule has 1 unspecified atom stereocenters. The molecule has 0 fully saturated rings. The maximum atomic E-state index is 9.34. The van der Waals surface area contributed by atoms with Crippen LogP contribution in [0, 0.1) is 5.41 Å². The molecule has 0 saturated carbocycles. The number of hydrogen-bond acceptors (Lipinski definition) is 5. The Bertz CT molecular complexity index is 135. The minimum atomic E-state index is -1.41. The van der Waals surface area contributed by atoms with E-state index in [0.29, 0.717) is 0 Å². The van der Waals surface area contributed by atoms with Gasteiger partial charge in [-0.15, -0.1) is 6.58 Å². The molecule has 0 rings (SSSR count). The van der Waals surface area contributed by atoms with Crippen molar-refractivity contribution in [1.82, 2.24) is 0 Å². The van der Waals surface area contributed by atoms with Crippen molar-refractivity contribution >= 4 is 0 Å². The SMILES string of the molecule is C=CCOC(O)C(CO)(CO)CO. The van der Waals surface area contributed by atoms with E-state index in [0.717, 1.165) is 0 Å². The Morgan fingerprint density at radius 3 is 2.00 bits per heavy atom. The predicted octanol–water partition coefficient (Wildman–Crippen LogP) is -1.53. The second kappa shape index (κ2) is 6.06. The molecule has 5 heteroatoms. The second-order valence-electron chi connectivity index (χ2n) is 2.81. The van der Waals surface area contributed by atoms with E-state index in [1.54, 1.807) is 0 Å². The van der Waals surface area contributed by atoms with Crippen LogP contribution >= 0.6 is 0 Å². The van der Waals surface area contributed by atoms with Gasteiger partial charge in [-0.05, 0) is 0 Å². The Hall–Kier alpha value is -0.460. The molecule has 0 heterocycles. The van der Waals surface area contributed by atoms with Gasteiger partial charge >= 0.3 is 0 Å². The van der Waals surface area contributed by atoms with Gasteiger partial charge in [0.1, 0.15) is 0 Å². The van der Waals surface area contributed by atoms with E-state index < -0.39 is 31.5 Å². The van der Waals surface area contributed by atoms with E-state index in [2.05, 4.69) is 6.58 Å². The first-order valence-electron chi connectivity index (χ1n) is 3.90. The van der Waals surface area contributed by atoms with Gasteiger partial charge in [-0.2, -0.15) is 0 Å². The molecule has 4 N–H and O–H groups in total. The Labute approximate surface area is 76.9 Å². The summed E-state index contributed by atoms with van der Waals surface area (Å²) in [5.41, 5.74) is -1.41. The van der Waals surface area contributed by atoms with Gasteiger partial charge in [-0.25, -0.2) is 0 Å². The molecule has 0 aliphatic rings. The van der Waals surface area contributed by atoms with Crippen molar-refractivity contribution in [1.29, 1.82) is 0 Å². The van der Waals surface area contributed by atoms with Gasteiger partial charge in [0.15, 0.2) is 6.29 Å². The van der Waals surface area contributed by atoms with Crippen LogP contribution in [0.25, 0.3) is 0 Å². The molecular formula is C8H16O5. The normalized spacial score (nSPS) is 14.2. The third kappa shape index (κ3) is 3.06. The molecule has 0 bridgehead atoms. The van der Waals surface area contributed by atoms with Crippen molar-refractivity contribution in [3.63, 3.8) is 0 Å². The van der Waals surface area contributed by atoms with Crippen molar-refractivity contribution in [3.8, 4) is 0 Å². The maximum absolute atomic E-state index is 9.34. The topological polar surface area (TPSA) is 90.2 Å². The first kappa shape index (κ1) is 12.5. The zero-order valence-electron chi connectivity index (χ0n) is 7.39. The van der Waals surface area contributed by atoms with E-state index in [9.17, 15) is 5.11 Å². The summed E-state index contributed by atoms with van der Waals surface area (Å²) in [6.07, 6.45) is 0.00519. The largest absolute Gasteiger partial charge is 0.395 e. The van der Waals surface area contributed by atoms with Crippen LogP contribution in [0.4, 0.5) is 0 Å². The first-order chi connectivity index (χ1) is 6.16.